The van der Waals surface area contributed by atoms with E-state index in [0.29, 0.717) is 0 Å². The third-order valence-electron chi connectivity index (χ3n) is 10.0. The maximum absolute atomic E-state index is 6.54. The van der Waals surface area contributed by atoms with Crippen LogP contribution in [-0.2, 0) is 0 Å². The van der Waals surface area contributed by atoms with Crippen molar-refractivity contribution in [3.05, 3.63) is 188 Å². The second-order valence-electron chi connectivity index (χ2n) is 12.9. The van der Waals surface area contributed by atoms with E-state index in [9.17, 15) is 0 Å². The molecule has 0 aliphatic heterocycles. The van der Waals surface area contributed by atoms with Gasteiger partial charge >= 0.3 is 0 Å². The molecule has 0 aliphatic rings. The smallest absolute Gasteiger partial charge is 0.136 e. The molecule has 0 saturated carbocycles. The fourth-order valence-corrected chi connectivity index (χ4v) is 7.71. The van der Waals surface area contributed by atoms with Gasteiger partial charge in [-0.25, -0.2) is 0 Å². The van der Waals surface area contributed by atoms with E-state index in [-0.39, 0.29) is 0 Å². The first-order chi connectivity index (χ1) is 24.8. The van der Waals surface area contributed by atoms with Gasteiger partial charge in [0.15, 0.2) is 0 Å². The zero-order valence-electron chi connectivity index (χ0n) is 27.3. The second-order valence-corrected chi connectivity index (χ2v) is 12.9. The summed E-state index contributed by atoms with van der Waals surface area (Å²) in [4.78, 5) is 2.44. The van der Waals surface area contributed by atoms with Crippen LogP contribution in [0.25, 0.3) is 76.5 Å². The molecular formula is C48H31NO. The Morgan fingerprint density at radius 3 is 1.90 bits per heavy atom. The van der Waals surface area contributed by atoms with Crippen LogP contribution in [0.5, 0.6) is 0 Å². The van der Waals surface area contributed by atoms with E-state index in [1.165, 1.54) is 43.4 Å². The van der Waals surface area contributed by atoms with Crippen molar-refractivity contribution >= 4 is 71.3 Å². The van der Waals surface area contributed by atoms with Crippen molar-refractivity contribution in [1.82, 2.24) is 0 Å². The van der Waals surface area contributed by atoms with Crippen molar-refractivity contribution in [1.29, 1.82) is 0 Å². The third kappa shape index (κ3) is 4.57. The van der Waals surface area contributed by atoms with Crippen LogP contribution in [0.15, 0.2) is 192 Å². The molecule has 0 radical (unpaired) electrons. The Kier molecular flexibility index (Phi) is 6.53. The number of para-hydroxylation sites is 1. The second kappa shape index (κ2) is 11.5. The molecule has 50 heavy (non-hydrogen) atoms. The Balaban J connectivity index is 1.26. The molecule has 0 unspecified atom stereocenters. The lowest BCUT2D eigenvalue weighted by Crippen LogP contribution is -2.12. The van der Waals surface area contributed by atoms with Crippen molar-refractivity contribution < 1.29 is 4.42 Å². The number of fused-ring (bicyclic) bond motifs is 7. The van der Waals surface area contributed by atoms with Gasteiger partial charge in [0.25, 0.3) is 0 Å². The Bertz CT molecular complexity index is 2880. The van der Waals surface area contributed by atoms with Crippen molar-refractivity contribution in [2.24, 2.45) is 0 Å². The minimum Gasteiger partial charge on any atom is -0.456 e. The number of rotatable bonds is 5. The van der Waals surface area contributed by atoms with E-state index < -0.39 is 0 Å². The van der Waals surface area contributed by atoms with Gasteiger partial charge in [0, 0.05) is 27.4 Å². The number of anilines is 3. The van der Waals surface area contributed by atoms with Crippen LogP contribution in [0.4, 0.5) is 17.1 Å². The quantitative estimate of drug-likeness (QED) is 0.175. The largest absolute Gasteiger partial charge is 0.456 e. The van der Waals surface area contributed by atoms with E-state index >= 15 is 0 Å². The molecule has 1 heterocycles. The van der Waals surface area contributed by atoms with Crippen LogP contribution in [0.2, 0.25) is 0 Å². The molecule has 0 amide bonds. The number of hydrogen-bond donors (Lipinski definition) is 0. The van der Waals surface area contributed by atoms with Gasteiger partial charge in [0.05, 0.1) is 11.4 Å². The van der Waals surface area contributed by atoms with Crippen LogP contribution in [0.3, 0.4) is 0 Å². The monoisotopic (exact) mass is 637 g/mol. The molecule has 10 rings (SSSR count). The van der Waals surface area contributed by atoms with E-state index in [1.54, 1.807) is 0 Å². The summed E-state index contributed by atoms with van der Waals surface area (Å²) in [5.74, 6) is 0. The molecule has 0 aliphatic carbocycles. The Morgan fingerprint density at radius 2 is 1.00 bits per heavy atom. The predicted molar refractivity (Wildman–Crippen MR) is 212 cm³/mol. The molecule has 0 N–H and O–H groups in total. The van der Waals surface area contributed by atoms with Crippen LogP contribution >= 0.6 is 0 Å². The van der Waals surface area contributed by atoms with Gasteiger partial charge in [-0.05, 0) is 86.1 Å². The zero-order chi connectivity index (χ0) is 33.0. The average molecular weight is 638 g/mol. The lowest BCUT2D eigenvalue weighted by Gasteiger charge is -2.29. The summed E-state index contributed by atoms with van der Waals surface area (Å²) < 4.78 is 6.54. The Labute approximate surface area is 290 Å². The van der Waals surface area contributed by atoms with Crippen LogP contribution in [-0.4, -0.2) is 0 Å². The van der Waals surface area contributed by atoms with Gasteiger partial charge in [0.2, 0.25) is 0 Å². The summed E-state index contributed by atoms with van der Waals surface area (Å²) in [5, 5.41) is 9.55. The summed E-state index contributed by atoms with van der Waals surface area (Å²) in [6.07, 6.45) is 0. The van der Waals surface area contributed by atoms with Crippen molar-refractivity contribution in [3.8, 4) is 22.3 Å². The van der Waals surface area contributed by atoms with Crippen LogP contribution < -0.4 is 4.90 Å². The van der Waals surface area contributed by atoms with Gasteiger partial charge in [-0.2, -0.15) is 0 Å². The van der Waals surface area contributed by atoms with E-state index in [4.69, 9.17) is 4.42 Å². The molecule has 0 spiro atoms. The highest BCUT2D eigenvalue weighted by Gasteiger charge is 2.22. The lowest BCUT2D eigenvalue weighted by atomic mass is 9.95. The molecule has 9 aromatic carbocycles. The SMILES string of the molecule is c1ccc(-c2cccc(N(c3ccccc3-c3cccc4oc5cc6ccccc6cc5c34)c3cccc4c3ccc3ccccc34)c2)cc1. The summed E-state index contributed by atoms with van der Waals surface area (Å²) in [5.41, 5.74) is 9.74. The van der Waals surface area contributed by atoms with Crippen molar-refractivity contribution in [2.75, 3.05) is 4.90 Å². The fourth-order valence-electron chi connectivity index (χ4n) is 7.71. The molecule has 0 fully saturated rings. The molecule has 0 atom stereocenters. The first kappa shape index (κ1) is 28.4. The first-order valence-corrected chi connectivity index (χ1v) is 17.1. The minimum atomic E-state index is 0.886. The summed E-state index contributed by atoms with van der Waals surface area (Å²) in [6.45, 7) is 0. The minimum absolute atomic E-state index is 0.886. The lowest BCUT2D eigenvalue weighted by molar-refractivity contribution is 0.669. The number of benzene rings is 9. The highest BCUT2D eigenvalue weighted by atomic mass is 16.3. The predicted octanol–water partition coefficient (Wildman–Crippen LogP) is 13.8. The maximum atomic E-state index is 6.54. The molecule has 1 aromatic heterocycles. The van der Waals surface area contributed by atoms with Gasteiger partial charge < -0.3 is 9.32 Å². The average Bonchev–Trinajstić information content (AvgIpc) is 3.55. The molecule has 2 nitrogen and oxygen atoms in total. The third-order valence-corrected chi connectivity index (χ3v) is 10.0. The van der Waals surface area contributed by atoms with Crippen molar-refractivity contribution in [3.63, 3.8) is 0 Å². The standard InChI is InChI=1S/C48H31NO/c1-2-13-32(14-3-1)34-18-10-19-37(29-34)49(45-25-11-22-39-38-20-7-6-15-33(38)27-28-41(39)45)44-24-9-8-21-40(44)42-23-12-26-46-48(42)43-30-35-16-4-5-17-36(35)31-47(43)50-46/h1-31H. The highest BCUT2D eigenvalue weighted by molar-refractivity contribution is 6.17. The van der Waals surface area contributed by atoms with E-state index in [0.717, 1.165) is 50.1 Å². The summed E-state index contributed by atoms with van der Waals surface area (Å²) in [7, 11) is 0. The highest BCUT2D eigenvalue weighted by Crippen LogP contribution is 2.47. The van der Waals surface area contributed by atoms with Gasteiger partial charge in [-0.3, -0.25) is 0 Å². The molecule has 234 valence electrons. The number of furan rings is 1. The molecule has 2 heteroatoms. The summed E-state index contributed by atoms with van der Waals surface area (Å²) >= 11 is 0. The molecule has 0 saturated heterocycles. The fraction of sp³-hybridized carbons (Fsp3) is 0. The van der Waals surface area contributed by atoms with Gasteiger partial charge in [0.1, 0.15) is 11.2 Å². The van der Waals surface area contributed by atoms with Gasteiger partial charge in [-0.15, -0.1) is 0 Å². The van der Waals surface area contributed by atoms with E-state index in [1.807, 2.05) is 0 Å². The molecule has 10 aromatic rings. The Morgan fingerprint density at radius 1 is 0.340 bits per heavy atom. The summed E-state index contributed by atoms with van der Waals surface area (Å²) in [6, 6.07) is 67.6. The first-order valence-electron chi connectivity index (χ1n) is 17.1. The topological polar surface area (TPSA) is 16.4 Å². The zero-order valence-corrected chi connectivity index (χ0v) is 27.3. The van der Waals surface area contributed by atoms with Gasteiger partial charge in [-0.1, -0.05) is 146 Å². The molecule has 0 bridgehead atoms. The Hall–Kier alpha value is -6.64. The van der Waals surface area contributed by atoms with Crippen LogP contribution in [0, 0.1) is 0 Å². The maximum Gasteiger partial charge on any atom is 0.136 e. The van der Waals surface area contributed by atoms with Crippen molar-refractivity contribution in [2.45, 2.75) is 0 Å². The number of nitrogens with zero attached hydrogens (tertiary/aromatic N) is 1. The van der Waals surface area contributed by atoms with Crippen LogP contribution in [0.1, 0.15) is 0 Å². The van der Waals surface area contributed by atoms with E-state index in [2.05, 4.69) is 193 Å². The molecular weight excluding hydrogens is 607 g/mol. The number of hydrogen-bond acceptors (Lipinski definition) is 2. The normalized spacial score (nSPS) is 11.6.